The molecule has 1 heterocycles. The van der Waals surface area contributed by atoms with E-state index in [4.69, 9.17) is 0 Å². The Hall–Kier alpha value is -1.20. The van der Waals surface area contributed by atoms with Gasteiger partial charge in [-0.3, -0.25) is 0 Å². The molecular weight excluding hydrogens is 224 g/mol. The number of ether oxygens (including phenoxy) is 1. The molecule has 0 aromatic carbocycles. The fourth-order valence-electron chi connectivity index (χ4n) is 1.17. The number of rotatable bonds is 5. The SMILES string of the molecule is COC(=O)/C(C)=C/CNC(C)c1nccs1. The van der Waals surface area contributed by atoms with Gasteiger partial charge in [0.15, 0.2) is 0 Å². The van der Waals surface area contributed by atoms with Crippen LogP contribution >= 0.6 is 11.3 Å². The predicted octanol–water partition coefficient (Wildman–Crippen LogP) is 1.91. The van der Waals surface area contributed by atoms with E-state index in [9.17, 15) is 4.79 Å². The molecule has 0 amide bonds. The number of hydrogen-bond acceptors (Lipinski definition) is 5. The highest BCUT2D eigenvalue weighted by Crippen LogP contribution is 2.14. The van der Waals surface area contributed by atoms with Gasteiger partial charge in [0.25, 0.3) is 0 Å². The molecule has 0 radical (unpaired) electrons. The van der Waals surface area contributed by atoms with Crippen molar-refractivity contribution in [2.24, 2.45) is 0 Å². The van der Waals surface area contributed by atoms with Crippen LogP contribution in [0.15, 0.2) is 23.2 Å². The number of esters is 1. The average Bonchev–Trinajstić information content (AvgIpc) is 2.81. The number of methoxy groups -OCH3 is 1. The highest BCUT2D eigenvalue weighted by Gasteiger charge is 2.06. The molecule has 0 aliphatic rings. The average molecular weight is 240 g/mol. The maximum Gasteiger partial charge on any atom is 0.333 e. The third-order valence-corrected chi connectivity index (χ3v) is 3.12. The lowest BCUT2D eigenvalue weighted by Gasteiger charge is -2.08. The quantitative estimate of drug-likeness (QED) is 0.631. The second kappa shape index (κ2) is 6.40. The van der Waals surface area contributed by atoms with E-state index in [-0.39, 0.29) is 12.0 Å². The zero-order chi connectivity index (χ0) is 12.0. The van der Waals surface area contributed by atoms with Gasteiger partial charge in [0.1, 0.15) is 5.01 Å². The maximum absolute atomic E-state index is 11.1. The Labute approximate surface area is 99.3 Å². The molecule has 16 heavy (non-hydrogen) atoms. The van der Waals surface area contributed by atoms with Gasteiger partial charge in [-0.15, -0.1) is 11.3 Å². The van der Waals surface area contributed by atoms with Gasteiger partial charge >= 0.3 is 5.97 Å². The zero-order valence-electron chi connectivity index (χ0n) is 9.69. The van der Waals surface area contributed by atoms with Crippen molar-refractivity contribution in [1.82, 2.24) is 10.3 Å². The molecule has 0 fully saturated rings. The van der Waals surface area contributed by atoms with E-state index in [1.807, 2.05) is 18.4 Å². The van der Waals surface area contributed by atoms with Crippen LogP contribution in [0, 0.1) is 0 Å². The lowest BCUT2D eigenvalue weighted by molar-refractivity contribution is -0.136. The minimum Gasteiger partial charge on any atom is -0.466 e. The van der Waals surface area contributed by atoms with Crippen LogP contribution in [0.4, 0.5) is 0 Å². The summed E-state index contributed by atoms with van der Waals surface area (Å²) in [6.45, 7) is 4.41. The van der Waals surface area contributed by atoms with Crippen molar-refractivity contribution in [2.75, 3.05) is 13.7 Å². The first-order valence-corrected chi connectivity index (χ1v) is 5.91. The topological polar surface area (TPSA) is 51.2 Å². The third kappa shape index (κ3) is 3.75. The van der Waals surface area contributed by atoms with Crippen molar-refractivity contribution < 1.29 is 9.53 Å². The normalized spacial score (nSPS) is 13.6. The summed E-state index contributed by atoms with van der Waals surface area (Å²) in [6, 6.07) is 0.196. The van der Waals surface area contributed by atoms with Crippen LogP contribution in [0.2, 0.25) is 0 Å². The fourth-order valence-corrected chi connectivity index (χ4v) is 1.84. The Morgan fingerprint density at radius 2 is 2.50 bits per heavy atom. The summed E-state index contributed by atoms with van der Waals surface area (Å²) in [4.78, 5) is 15.3. The Balaban J connectivity index is 2.38. The van der Waals surface area contributed by atoms with E-state index in [0.717, 1.165) is 5.01 Å². The molecule has 1 N–H and O–H groups in total. The van der Waals surface area contributed by atoms with Crippen molar-refractivity contribution in [3.05, 3.63) is 28.2 Å². The number of aromatic nitrogens is 1. The first-order valence-electron chi connectivity index (χ1n) is 5.03. The summed E-state index contributed by atoms with van der Waals surface area (Å²) in [5.74, 6) is -0.288. The standard InChI is InChI=1S/C11H16N2O2S/c1-8(11(14)15-3)4-5-12-9(2)10-13-6-7-16-10/h4,6-7,9,12H,5H2,1-3H3/b8-4+. The minimum atomic E-state index is -0.288. The number of carbonyl (C=O) groups excluding carboxylic acids is 1. The van der Waals surface area contributed by atoms with Crippen LogP contribution in [0.1, 0.15) is 24.9 Å². The molecule has 1 aromatic heterocycles. The second-order valence-corrected chi connectivity index (χ2v) is 4.31. The van der Waals surface area contributed by atoms with Crippen molar-refractivity contribution in [3.63, 3.8) is 0 Å². The van der Waals surface area contributed by atoms with Crippen molar-refractivity contribution in [3.8, 4) is 0 Å². The Bertz CT molecular complexity index is 360. The number of carbonyl (C=O) groups is 1. The molecule has 1 aromatic rings. The van der Waals surface area contributed by atoms with Crippen molar-refractivity contribution in [2.45, 2.75) is 19.9 Å². The smallest absolute Gasteiger partial charge is 0.333 e. The molecule has 1 atom stereocenters. The predicted molar refractivity (Wildman–Crippen MR) is 64.3 cm³/mol. The van der Waals surface area contributed by atoms with Gasteiger partial charge < -0.3 is 10.1 Å². The third-order valence-electron chi connectivity index (χ3n) is 2.16. The summed E-state index contributed by atoms with van der Waals surface area (Å²) in [7, 11) is 1.38. The van der Waals surface area contributed by atoms with E-state index < -0.39 is 0 Å². The number of nitrogens with one attached hydrogen (secondary N) is 1. The van der Waals surface area contributed by atoms with Gasteiger partial charge in [-0.05, 0) is 13.8 Å². The van der Waals surface area contributed by atoms with Crippen LogP contribution in [-0.2, 0) is 9.53 Å². The van der Waals surface area contributed by atoms with Gasteiger partial charge in [0, 0.05) is 23.7 Å². The second-order valence-electron chi connectivity index (χ2n) is 3.38. The number of thiazole rings is 1. The molecule has 0 bridgehead atoms. The molecule has 0 aliphatic heterocycles. The lowest BCUT2D eigenvalue weighted by Crippen LogP contribution is -2.19. The first-order chi connectivity index (χ1) is 7.65. The summed E-state index contributed by atoms with van der Waals surface area (Å²) < 4.78 is 4.60. The lowest BCUT2D eigenvalue weighted by atomic mass is 10.2. The van der Waals surface area contributed by atoms with Gasteiger partial charge in [0.2, 0.25) is 0 Å². The van der Waals surface area contributed by atoms with Gasteiger partial charge in [-0.1, -0.05) is 6.08 Å². The van der Waals surface area contributed by atoms with Crippen LogP contribution in [-0.4, -0.2) is 24.6 Å². The molecule has 0 spiro atoms. The highest BCUT2D eigenvalue weighted by atomic mass is 32.1. The molecule has 1 rings (SSSR count). The molecule has 5 heteroatoms. The van der Waals surface area contributed by atoms with Gasteiger partial charge in [-0.2, -0.15) is 0 Å². The molecule has 0 saturated heterocycles. The van der Waals surface area contributed by atoms with E-state index >= 15 is 0 Å². The molecule has 88 valence electrons. The van der Waals surface area contributed by atoms with E-state index in [1.54, 1.807) is 24.5 Å². The molecule has 0 saturated carbocycles. The number of nitrogens with zero attached hydrogens (tertiary/aromatic N) is 1. The van der Waals surface area contributed by atoms with E-state index in [2.05, 4.69) is 15.0 Å². The first kappa shape index (κ1) is 12.9. The summed E-state index contributed by atoms with van der Waals surface area (Å²) in [5.41, 5.74) is 0.612. The molecular formula is C11H16N2O2S. The van der Waals surface area contributed by atoms with Crippen LogP contribution in [0.5, 0.6) is 0 Å². The zero-order valence-corrected chi connectivity index (χ0v) is 10.5. The van der Waals surface area contributed by atoms with Gasteiger partial charge in [0.05, 0.1) is 13.2 Å². The summed E-state index contributed by atoms with van der Waals surface area (Å²) in [5, 5.41) is 6.25. The highest BCUT2D eigenvalue weighted by molar-refractivity contribution is 7.09. The number of hydrogen-bond donors (Lipinski definition) is 1. The molecule has 4 nitrogen and oxygen atoms in total. The summed E-state index contributed by atoms with van der Waals surface area (Å²) in [6.07, 6.45) is 3.60. The molecule has 1 unspecified atom stereocenters. The Kier molecular flexibility index (Phi) is 5.14. The van der Waals surface area contributed by atoms with E-state index in [1.165, 1.54) is 7.11 Å². The molecule has 0 aliphatic carbocycles. The van der Waals surface area contributed by atoms with E-state index in [0.29, 0.717) is 12.1 Å². The van der Waals surface area contributed by atoms with Crippen LogP contribution < -0.4 is 5.32 Å². The van der Waals surface area contributed by atoms with Crippen LogP contribution in [0.3, 0.4) is 0 Å². The largest absolute Gasteiger partial charge is 0.466 e. The monoisotopic (exact) mass is 240 g/mol. The van der Waals surface area contributed by atoms with Crippen LogP contribution in [0.25, 0.3) is 0 Å². The van der Waals surface area contributed by atoms with Crippen molar-refractivity contribution in [1.29, 1.82) is 0 Å². The Morgan fingerprint density at radius 1 is 1.75 bits per heavy atom. The minimum absolute atomic E-state index is 0.196. The maximum atomic E-state index is 11.1. The fraction of sp³-hybridized carbons (Fsp3) is 0.455. The van der Waals surface area contributed by atoms with Crippen molar-refractivity contribution >= 4 is 17.3 Å². The Morgan fingerprint density at radius 3 is 3.06 bits per heavy atom. The van der Waals surface area contributed by atoms with Gasteiger partial charge in [-0.25, -0.2) is 9.78 Å². The summed E-state index contributed by atoms with van der Waals surface area (Å²) >= 11 is 1.61.